The summed E-state index contributed by atoms with van der Waals surface area (Å²) < 4.78 is 48.7. The van der Waals surface area contributed by atoms with E-state index in [1.807, 2.05) is 0 Å². The molecule has 9 heteroatoms. The van der Waals surface area contributed by atoms with Crippen molar-refractivity contribution in [2.75, 3.05) is 0 Å². The highest BCUT2D eigenvalue weighted by Crippen LogP contribution is 2.52. The Morgan fingerprint density at radius 3 is 2.42 bits per heavy atom. The smallest absolute Gasteiger partial charge is 0.432 e. The van der Waals surface area contributed by atoms with Crippen LogP contribution in [0.15, 0.2) is 42.5 Å². The van der Waals surface area contributed by atoms with Crippen LogP contribution in [0.25, 0.3) is 4.48 Å². The number of fused-ring (bicyclic) bond motifs is 1. The molecule has 1 atom stereocenters. The average Bonchev–Trinajstić information content (AvgIpc) is 3.04. The van der Waals surface area contributed by atoms with Crippen molar-refractivity contribution in [2.24, 2.45) is 0 Å². The van der Waals surface area contributed by atoms with E-state index in [0.29, 0.717) is 15.6 Å². The van der Waals surface area contributed by atoms with Gasteiger partial charge in [-0.15, -0.1) is 0 Å². The van der Waals surface area contributed by atoms with Crippen LogP contribution in [0.3, 0.4) is 0 Å². The van der Waals surface area contributed by atoms with E-state index in [0.717, 1.165) is 19.3 Å². The number of nitrogens with one attached hydrogen (secondary N) is 1. The van der Waals surface area contributed by atoms with Crippen LogP contribution in [0.1, 0.15) is 36.0 Å². The number of ether oxygens (including phenoxy) is 1. The lowest BCUT2D eigenvalue weighted by molar-refractivity contribution is -0.248. The second kappa shape index (κ2) is 8.34. The lowest BCUT2D eigenvalue weighted by Crippen LogP contribution is -2.46. The number of carbonyl (C=O) groups excluding carboxylic acids is 1. The van der Waals surface area contributed by atoms with Gasteiger partial charge in [-0.25, -0.2) is 0 Å². The van der Waals surface area contributed by atoms with Crippen LogP contribution in [-0.4, -0.2) is 18.1 Å². The van der Waals surface area contributed by atoms with Crippen molar-refractivity contribution >= 4 is 49.5 Å². The molecule has 1 unspecified atom stereocenters. The predicted octanol–water partition coefficient (Wildman–Crippen LogP) is 6.79. The molecule has 2 aromatic carbocycles. The lowest BCUT2D eigenvalue weighted by Gasteiger charge is -2.31. The Bertz CT molecular complexity index is 1050. The minimum Gasteiger partial charge on any atom is -0.472 e. The number of benzene rings is 2. The number of hydrogen-bond acceptors (Lipinski definition) is 2. The molecule has 1 amide bonds. The van der Waals surface area contributed by atoms with Gasteiger partial charge >= 0.3 is 6.18 Å². The van der Waals surface area contributed by atoms with Crippen molar-refractivity contribution < 1.29 is 22.7 Å². The molecule has 164 valence electrons. The summed E-state index contributed by atoms with van der Waals surface area (Å²) in [5.41, 5.74) is -1.81. The second-order valence-corrected chi connectivity index (χ2v) is 9.44. The summed E-state index contributed by atoms with van der Waals surface area (Å²) >= 11 is 15.3. The lowest BCUT2D eigenvalue weighted by atomic mass is 9.88. The number of rotatable bonds is 4. The van der Waals surface area contributed by atoms with Gasteiger partial charge in [-0.05, 0) is 76.7 Å². The van der Waals surface area contributed by atoms with E-state index in [2.05, 4.69) is 21.2 Å². The molecule has 4 rings (SSSR count). The SMILES string of the molecule is O=C(C=C(Br)c1ccc2c(c1)CC(c1cc(Cl)cc(Cl)c1)(C(F)(F)F)O2)NC1CCC1. The Morgan fingerprint density at radius 2 is 1.84 bits per heavy atom. The highest BCUT2D eigenvalue weighted by molar-refractivity contribution is 9.15. The fourth-order valence-electron chi connectivity index (χ4n) is 3.72. The topological polar surface area (TPSA) is 38.3 Å². The Balaban J connectivity index is 1.64. The maximum absolute atomic E-state index is 14.2. The molecule has 0 radical (unpaired) electrons. The first-order valence-corrected chi connectivity index (χ1v) is 11.2. The van der Waals surface area contributed by atoms with Gasteiger partial charge in [0.1, 0.15) is 5.75 Å². The molecule has 0 aromatic heterocycles. The Kier molecular flexibility index (Phi) is 6.05. The zero-order valence-corrected chi connectivity index (χ0v) is 19.1. The van der Waals surface area contributed by atoms with Crippen LogP contribution in [0.4, 0.5) is 13.2 Å². The summed E-state index contributed by atoms with van der Waals surface area (Å²) in [5.74, 6) is -0.122. The fraction of sp³-hybridized carbons (Fsp3) is 0.318. The molecule has 1 fully saturated rings. The summed E-state index contributed by atoms with van der Waals surface area (Å²) in [6.07, 6.45) is -0.745. The molecule has 1 heterocycles. The number of alkyl halides is 3. The van der Waals surface area contributed by atoms with Gasteiger partial charge in [0.2, 0.25) is 11.5 Å². The van der Waals surface area contributed by atoms with Crippen LogP contribution in [0.2, 0.25) is 10.0 Å². The van der Waals surface area contributed by atoms with Crippen molar-refractivity contribution in [1.82, 2.24) is 5.32 Å². The third kappa shape index (κ3) is 4.45. The Hall–Kier alpha value is -1.70. The first-order chi connectivity index (χ1) is 14.6. The van der Waals surface area contributed by atoms with Crippen LogP contribution in [-0.2, 0) is 16.8 Å². The molecule has 2 aliphatic rings. The van der Waals surface area contributed by atoms with E-state index in [9.17, 15) is 18.0 Å². The summed E-state index contributed by atoms with van der Waals surface area (Å²) in [5, 5.41) is 3.07. The van der Waals surface area contributed by atoms with Crippen molar-refractivity contribution in [2.45, 2.75) is 43.5 Å². The molecule has 0 spiro atoms. The van der Waals surface area contributed by atoms with E-state index >= 15 is 0 Å². The molecule has 1 aliphatic carbocycles. The van der Waals surface area contributed by atoms with Gasteiger partial charge in [-0.1, -0.05) is 29.3 Å². The monoisotopic (exact) mass is 533 g/mol. The van der Waals surface area contributed by atoms with E-state index in [4.69, 9.17) is 27.9 Å². The molecule has 2 aromatic rings. The highest BCUT2D eigenvalue weighted by atomic mass is 79.9. The molecular weight excluding hydrogens is 518 g/mol. The van der Waals surface area contributed by atoms with E-state index in [1.165, 1.54) is 30.3 Å². The van der Waals surface area contributed by atoms with Gasteiger partial charge in [0.15, 0.2) is 0 Å². The Morgan fingerprint density at radius 1 is 1.16 bits per heavy atom. The zero-order valence-electron chi connectivity index (χ0n) is 16.0. The van der Waals surface area contributed by atoms with Gasteiger partial charge in [0.05, 0.1) is 0 Å². The molecule has 1 saturated carbocycles. The first kappa shape index (κ1) is 22.5. The van der Waals surface area contributed by atoms with Gasteiger partial charge in [0.25, 0.3) is 0 Å². The summed E-state index contributed by atoms with van der Waals surface area (Å²) in [6.45, 7) is 0. The van der Waals surface area contributed by atoms with Crippen molar-refractivity contribution in [1.29, 1.82) is 0 Å². The van der Waals surface area contributed by atoms with Gasteiger partial charge in [-0.2, -0.15) is 13.2 Å². The van der Waals surface area contributed by atoms with Crippen molar-refractivity contribution in [3.05, 3.63) is 69.2 Å². The number of hydrogen-bond donors (Lipinski definition) is 1. The first-order valence-electron chi connectivity index (χ1n) is 9.61. The average molecular weight is 535 g/mol. The molecule has 1 aliphatic heterocycles. The minimum atomic E-state index is -4.71. The largest absolute Gasteiger partial charge is 0.472 e. The third-order valence-corrected chi connectivity index (χ3v) is 6.68. The molecule has 31 heavy (non-hydrogen) atoms. The van der Waals surface area contributed by atoms with Crippen molar-refractivity contribution in [3.63, 3.8) is 0 Å². The normalized spacial score (nSPS) is 21.3. The quantitative estimate of drug-likeness (QED) is 0.438. The van der Waals surface area contributed by atoms with Crippen LogP contribution in [0, 0.1) is 0 Å². The number of halogens is 6. The maximum Gasteiger partial charge on any atom is 0.432 e. The number of carbonyl (C=O) groups is 1. The van der Waals surface area contributed by atoms with E-state index in [-0.39, 0.29) is 33.3 Å². The fourth-order valence-corrected chi connectivity index (χ4v) is 4.70. The van der Waals surface area contributed by atoms with Gasteiger partial charge in [-0.3, -0.25) is 4.79 Å². The van der Waals surface area contributed by atoms with E-state index in [1.54, 1.807) is 12.1 Å². The highest BCUT2D eigenvalue weighted by Gasteiger charge is 2.61. The Labute approximate surface area is 195 Å². The molecular formula is C22H17BrCl2F3NO2. The van der Waals surface area contributed by atoms with Crippen LogP contribution < -0.4 is 10.1 Å². The van der Waals surface area contributed by atoms with Crippen molar-refractivity contribution in [3.8, 4) is 5.75 Å². The zero-order chi connectivity index (χ0) is 22.4. The molecule has 3 nitrogen and oxygen atoms in total. The molecule has 0 saturated heterocycles. The second-order valence-electron chi connectivity index (χ2n) is 7.71. The van der Waals surface area contributed by atoms with E-state index < -0.39 is 18.2 Å². The standard InChI is InChI=1S/C22H17BrCl2F3NO2/c23-18(10-20(30)29-17-2-1-3-17)12-4-5-19-13(6-12)11-21(31-19,22(26,27)28)14-7-15(24)9-16(25)8-14/h4-10,17H,1-3,11H2,(H,29,30). The van der Waals surface area contributed by atoms with Gasteiger partial charge < -0.3 is 10.1 Å². The summed E-state index contributed by atoms with van der Waals surface area (Å²) in [6, 6.07) is 8.66. The maximum atomic E-state index is 14.2. The minimum absolute atomic E-state index is 0.0922. The third-order valence-electron chi connectivity index (χ3n) is 5.56. The number of amides is 1. The summed E-state index contributed by atoms with van der Waals surface area (Å²) in [7, 11) is 0. The molecule has 1 N–H and O–H groups in total. The summed E-state index contributed by atoms with van der Waals surface area (Å²) in [4.78, 5) is 12.1. The predicted molar refractivity (Wildman–Crippen MR) is 118 cm³/mol. The van der Waals surface area contributed by atoms with Crippen LogP contribution >= 0.6 is 39.1 Å². The van der Waals surface area contributed by atoms with Crippen LogP contribution in [0.5, 0.6) is 5.75 Å². The van der Waals surface area contributed by atoms with Gasteiger partial charge in [0, 0.05) is 38.6 Å². The molecule has 0 bridgehead atoms.